The van der Waals surface area contributed by atoms with Gasteiger partial charge in [0, 0.05) is 35.7 Å². The van der Waals surface area contributed by atoms with E-state index in [-0.39, 0.29) is 0 Å². The number of likely N-dealkylation sites (N-methyl/N-ethyl adjacent to an activating group) is 1. The van der Waals surface area contributed by atoms with Gasteiger partial charge in [-0.2, -0.15) is 0 Å². The fourth-order valence-corrected chi connectivity index (χ4v) is 3.51. The van der Waals surface area contributed by atoms with Crippen molar-refractivity contribution in [3.8, 4) is 0 Å². The Labute approximate surface area is 127 Å². The number of nitrogens with zero attached hydrogens (tertiary/aromatic N) is 1. The van der Waals surface area contributed by atoms with Crippen LogP contribution in [0.15, 0.2) is 24.3 Å². The molecule has 3 nitrogen and oxygen atoms in total. The highest BCUT2D eigenvalue weighted by Crippen LogP contribution is 2.28. The van der Waals surface area contributed by atoms with Gasteiger partial charge in [0.05, 0.1) is 0 Å². The topological polar surface area (TPSA) is 31.1 Å². The first-order valence-corrected chi connectivity index (χ1v) is 8.36. The molecule has 1 aliphatic carbocycles. The van der Waals surface area contributed by atoms with Crippen LogP contribution in [0, 0.1) is 0 Å². The number of nitrogens with one attached hydrogen (secondary N) is 2. The molecule has 3 heteroatoms. The van der Waals surface area contributed by atoms with E-state index >= 15 is 0 Å². The number of aromatic amines is 1. The zero-order chi connectivity index (χ0) is 14.7. The fourth-order valence-electron chi connectivity index (χ4n) is 3.51. The minimum absolute atomic E-state index is 0.632. The summed E-state index contributed by atoms with van der Waals surface area (Å²) in [6.07, 6.45) is 3.59. The molecule has 114 valence electrons. The van der Waals surface area contributed by atoms with E-state index < -0.39 is 0 Å². The van der Waals surface area contributed by atoms with E-state index in [4.69, 9.17) is 0 Å². The Morgan fingerprint density at radius 2 is 2.05 bits per heavy atom. The molecule has 21 heavy (non-hydrogen) atoms. The number of H-pyrrole nitrogens is 1. The predicted molar refractivity (Wildman–Crippen MR) is 89.9 cm³/mol. The Morgan fingerprint density at radius 1 is 1.24 bits per heavy atom. The van der Waals surface area contributed by atoms with Crippen molar-refractivity contribution in [1.82, 2.24) is 15.2 Å². The van der Waals surface area contributed by atoms with Gasteiger partial charge in [-0.3, -0.25) is 0 Å². The third-order valence-electron chi connectivity index (χ3n) is 4.85. The minimum Gasteiger partial charge on any atom is -0.358 e. The van der Waals surface area contributed by atoms with Gasteiger partial charge in [-0.05, 0) is 44.0 Å². The lowest BCUT2D eigenvalue weighted by Crippen LogP contribution is -2.39. The van der Waals surface area contributed by atoms with Gasteiger partial charge in [0.25, 0.3) is 0 Å². The molecule has 0 spiro atoms. The summed E-state index contributed by atoms with van der Waals surface area (Å²) in [5.74, 6) is 0. The normalized spacial score (nSPS) is 18.3. The molecule has 0 aliphatic heterocycles. The first kappa shape index (κ1) is 14.6. The quantitative estimate of drug-likeness (QED) is 0.855. The molecule has 2 aromatic rings. The Balaban J connectivity index is 1.62. The molecule has 1 atom stereocenters. The molecule has 0 saturated carbocycles. The largest absolute Gasteiger partial charge is 0.358 e. The zero-order valence-electron chi connectivity index (χ0n) is 13.3. The standard InChI is InChI=1S/C18H27N3/c1-3-21(4-2)12-11-19-14-9-10-18-16(13-14)15-7-5-6-8-17(15)20-18/h5-8,14,19-20H,3-4,9-13H2,1-2H3/t14-/m0/s1. The van der Waals surface area contributed by atoms with Gasteiger partial charge in [0.15, 0.2) is 0 Å². The van der Waals surface area contributed by atoms with Crippen LogP contribution in [-0.2, 0) is 12.8 Å². The molecule has 0 fully saturated rings. The second-order valence-electron chi connectivity index (χ2n) is 6.05. The van der Waals surface area contributed by atoms with Crippen LogP contribution in [-0.4, -0.2) is 42.1 Å². The maximum atomic E-state index is 3.76. The molecule has 0 amide bonds. The van der Waals surface area contributed by atoms with Crippen molar-refractivity contribution >= 4 is 10.9 Å². The van der Waals surface area contributed by atoms with Gasteiger partial charge >= 0.3 is 0 Å². The maximum absolute atomic E-state index is 3.76. The number of hydrogen-bond donors (Lipinski definition) is 2. The van der Waals surface area contributed by atoms with E-state index in [0.717, 1.165) is 32.6 Å². The van der Waals surface area contributed by atoms with Gasteiger partial charge in [-0.1, -0.05) is 32.0 Å². The van der Waals surface area contributed by atoms with E-state index in [1.165, 1.54) is 35.0 Å². The first-order chi connectivity index (χ1) is 10.3. The highest BCUT2D eigenvalue weighted by Gasteiger charge is 2.21. The number of fused-ring (bicyclic) bond motifs is 3. The number of rotatable bonds is 6. The summed E-state index contributed by atoms with van der Waals surface area (Å²) in [6.45, 7) is 9.03. The molecule has 3 rings (SSSR count). The molecular weight excluding hydrogens is 258 g/mol. The van der Waals surface area contributed by atoms with Crippen LogP contribution in [0.1, 0.15) is 31.5 Å². The van der Waals surface area contributed by atoms with E-state index in [1.807, 2.05) is 0 Å². The molecule has 2 N–H and O–H groups in total. The third-order valence-corrected chi connectivity index (χ3v) is 4.85. The van der Waals surface area contributed by atoms with Gasteiger partial charge in [0.1, 0.15) is 0 Å². The molecule has 0 bridgehead atoms. The summed E-state index contributed by atoms with van der Waals surface area (Å²) in [5, 5.41) is 5.18. The van der Waals surface area contributed by atoms with Crippen LogP contribution in [0.3, 0.4) is 0 Å². The highest BCUT2D eigenvalue weighted by atomic mass is 15.1. The van der Waals surface area contributed by atoms with E-state index in [1.54, 1.807) is 0 Å². The van der Waals surface area contributed by atoms with Crippen LogP contribution in [0.2, 0.25) is 0 Å². The summed E-state index contributed by atoms with van der Waals surface area (Å²) in [5.41, 5.74) is 4.29. The lowest BCUT2D eigenvalue weighted by molar-refractivity contribution is 0.293. The van der Waals surface area contributed by atoms with Gasteiger partial charge in [-0.25, -0.2) is 0 Å². The van der Waals surface area contributed by atoms with Crippen LogP contribution < -0.4 is 5.32 Å². The minimum atomic E-state index is 0.632. The van der Waals surface area contributed by atoms with E-state index in [0.29, 0.717) is 6.04 Å². The monoisotopic (exact) mass is 285 g/mol. The van der Waals surface area contributed by atoms with Crippen LogP contribution in [0.4, 0.5) is 0 Å². The Kier molecular flexibility index (Phi) is 4.61. The summed E-state index contributed by atoms with van der Waals surface area (Å²) >= 11 is 0. The van der Waals surface area contributed by atoms with Crippen molar-refractivity contribution in [1.29, 1.82) is 0 Å². The average Bonchev–Trinajstić information content (AvgIpc) is 2.90. The van der Waals surface area contributed by atoms with Crippen molar-refractivity contribution in [2.24, 2.45) is 0 Å². The number of para-hydroxylation sites is 1. The van der Waals surface area contributed by atoms with Gasteiger partial charge in [-0.15, -0.1) is 0 Å². The number of aromatic nitrogens is 1. The molecule has 1 heterocycles. The number of hydrogen-bond acceptors (Lipinski definition) is 2. The van der Waals surface area contributed by atoms with Crippen molar-refractivity contribution in [2.45, 2.75) is 39.2 Å². The molecule has 1 aromatic heterocycles. The second-order valence-corrected chi connectivity index (χ2v) is 6.05. The molecule has 1 aliphatic rings. The molecular formula is C18H27N3. The first-order valence-electron chi connectivity index (χ1n) is 8.36. The van der Waals surface area contributed by atoms with E-state index in [9.17, 15) is 0 Å². The van der Waals surface area contributed by atoms with Gasteiger partial charge in [0.2, 0.25) is 0 Å². The zero-order valence-corrected chi connectivity index (χ0v) is 13.3. The lowest BCUT2D eigenvalue weighted by atomic mass is 9.91. The molecule has 0 radical (unpaired) electrons. The van der Waals surface area contributed by atoms with Gasteiger partial charge < -0.3 is 15.2 Å². The second kappa shape index (κ2) is 6.63. The smallest absolute Gasteiger partial charge is 0.0458 e. The maximum Gasteiger partial charge on any atom is 0.0458 e. The summed E-state index contributed by atoms with van der Waals surface area (Å²) in [7, 11) is 0. The van der Waals surface area contributed by atoms with Crippen molar-refractivity contribution in [3.05, 3.63) is 35.5 Å². The van der Waals surface area contributed by atoms with E-state index in [2.05, 4.69) is 53.3 Å². The van der Waals surface area contributed by atoms with Crippen molar-refractivity contribution in [3.63, 3.8) is 0 Å². The van der Waals surface area contributed by atoms with Crippen LogP contribution in [0.5, 0.6) is 0 Å². The Bertz CT molecular complexity index is 583. The molecule has 0 unspecified atom stereocenters. The Morgan fingerprint density at radius 3 is 2.86 bits per heavy atom. The fraction of sp³-hybridized carbons (Fsp3) is 0.556. The third kappa shape index (κ3) is 3.14. The van der Waals surface area contributed by atoms with Crippen molar-refractivity contribution < 1.29 is 0 Å². The summed E-state index contributed by atoms with van der Waals surface area (Å²) in [6, 6.07) is 9.34. The highest BCUT2D eigenvalue weighted by molar-refractivity contribution is 5.84. The lowest BCUT2D eigenvalue weighted by Gasteiger charge is -2.25. The molecule has 1 aromatic carbocycles. The van der Waals surface area contributed by atoms with Crippen LogP contribution in [0.25, 0.3) is 10.9 Å². The summed E-state index contributed by atoms with van der Waals surface area (Å²) in [4.78, 5) is 6.07. The SMILES string of the molecule is CCN(CC)CCN[C@H]1CCc2[nH]c3ccccc3c2C1. The molecule has 0 saturated heterocycles. The average molecular weight is 285 g/mol. The Hall–Kier alpha value is -1.32. The van der Waals surface area contributed by atoms with Crippen molar-refractivity contribution in [2.75, 3.05) is 26.2 Å². The number of aryl methyl sites for hydroxylation is 1. The number of benzene rings is 1. The summed E-state index contributed by atoms with van der Waals surface area (Å²) < 4.78 is 0. The predicted octanol–water partition coefficient (Wildman–Crippen LogP) is 2.96. The van der Waals surface area contributed by atoms with Crippen LogP contribution >= 0.6 is 0 Å².